The zero-order chi connectivity index (χ0) is 17.8. The van der Waals surface area contributed by atoms with E-state index in [2.05, 4.69) is 5.32 Å². The number of nitrogens with one attached hydrogen (secondary N) is 1. The molecule has 0 bridgehead atoms. The Kier molecular flexibility index (Phi) is 6.04. The molecule has 1 rings (SSSR count). The van der Waals surface area contributed by atoms with Crippen LogP contribution >= 0.6 is 0 Å². The number of alkyl halides is 3. The molecule has 2 N–H and O–H groups in total. The van der Waals surface area contributed by atoms with Gasteiger partial charge in [-0.05, 0) is 51.8 Å². The van der Waals surface area contributed by atoms with Crippen molar-refractivity contribution in [1.82, 2.24) is 5.32 Å². The van der Waals surface area contributed by atoms with Gasteiger partial charge in [-0.1, -0.05) is 12.1 Å². The number of benzene rings is 1. The number of amides is 1. The summed E-state index contributed by atoms with van der Waals surface area (Å²) in [6, 6.07) is 3.94. The van der Waals surface area contributed by atoms with Crippen molar-refractivity contribution in [3.63, 3.8) is 0 Å². The molecular weight excluding hydrogens is 311 g/mol. The Bertz CT molecular complexity index is 519. The minimum Gasteiger partial charge on any atom is -0.444 e. The fourth-order valence-corrected chi connectivity index (χ4v) is 1.88. The summed E-state index contributed by atoms with van der Waals surface area (Å²) in [5, 5.41) is 12.3. The Hall–Kier alpha value is -1.76. The van der Waals surface area contributed by atoms with Crippen LogP contribution in [0.1, 0.15) is 38.8 Å². The van der Waals surface area contributed by atoms with Gasteiger partial charge in [0.15, 0.2) is 0 Å². The third kappa shape index (κ3) is 6.90. The van der Waals surface area contributed by atoms with E-state index in [1.807, 2.05) is 0 Å². The van der Waals surface area contributed by atoms with Crippen LogP contribution in [-0.2, 0) is 17.3 Å². The summed E-state index contributed by atoms with van der Waals surface area (Å²) < 4.78 is 42.7. The van der Waals surface area contributed by atoms with Crippen molar-refractivity contribution in [2.24, 2.45) is 0 Å². The van der Waals surface area contributed by atoms with Crippen LogP contribution in [0.15, 0.2) is 24.3 Å². The highest BCUT2D eigenvalue weighted by Crippen LogP contribution is 2.29. The Balaban J connectivity index is 2.75. The van der Waals surface area contributed by atoms with Crippen molar-refractivity contribution in [1.29, 1.82) is 0 Å². The lowest BCUT2D eigenvalue weighted by molar-refractivity contribution is -0.137. The van der Waals surface area contributed by atoms with E-state index in [1.54, 1.807) is 20.8 Å². The SMILES string of the molecule is C[C@H](O)[C@H](Cc1ccc(C(F)(F)F)cc1)NC(=O)OC(C)(C)C. The Morgan fingerprint density at radius 3 is 2.13 bits per heavy atom. The number of aliphatic hydroxyl groups excluding tert-OH is 1. The van der Waals surface area contributed by atoms with Gasteiger partial charge in [0.2, 0.25) is 0 Å². The molecule has 0 saturated carbocycles. The molecule has 1 amide bonds. The van der Waals surface area contributed by atoms with Gasteiger partial charge in [0, 0.05) is 0 Å². The second-order valence-corrected chi connectivity index (χ2v) is 6.39. The standard InChI is InChI=1S/C16H22F3NO3/c1-10(21)13(20-14(22)23-15(2,3)4)9-11-5-7-12(8-6-11)16(17,18)19/h5-8,10,13,21H,9H2,1-4H3,(H,20,22)/t10-,13-/m0/s1. The van der Waals surface area contributed by atoms with Gasteiger partial charge in [-0.3, -0.25) is 0 Å². The lowest BCUT2D eigenvalue weighted by atomic mass is 10.0. The molecule has 0 fully saturated rings. The van der Waals surface area contributed by atoms with Crippen LogP contribution < -0.4 is 5.32 Å². The van der Waals surface area contributed by atoms with Gasteiger partial charge >= 0.3 is 12.3 Å². The predicted octanol–water partition coefficient (Wildman–Crippen LogP) is 3.52. The Morgan fingerprint density at radius 2 is 1.74 bits per heavy atom. The molecule has 0 aliphatic rings. The quantitative estimate of drug-likeness (QED) is 0.886. The molecule has 2 atom stereocenters. The third-order valence-corrected chi connectivity index (χ3v) is 3.02. The molecule has 0 aromatic heterocycles. The predicted molar refractivity (Wildman–Crippen MR) is 80.0 cm³/mol. The number of halogens is 3. The molecular formula is C16H22F3NO3. The molecule has 0 saturated heterocycles. The van der Waals surface area contributed by atoms with Crippen molar-refractivity contribution >= 4 is 6.09 Å². The van der Waals surface area contributed by atoms with Crippen LogP contribution in [0.25, 0.3) is 0 Å². The number of hydrogen-bond donors (Lipinski definition) is 2. The summed E-state index contributed by atoms with van der Waals surface area (Å²) in [5.74, 6) is 0. The Morgan fingerprint density at radius 1 is 1.22 bits per heavy atom. The van der Waals surface area contributed by atoms with Crippen molar-refractivity contribution in [3.05, 3.63) is 35.4 Å². The van der Waals surface area contributed by atoms with Gasteiger partial charge in [0.05, 0.1) is 17.7 Å². The number of aliphatic hydroxyl groups is 1. The Labute approximate surface area is 133 Å². The molecule has 0 radical (unpaired) electrons. The molecule has 7 heteroatoms. The molecule has 0 aliphatic heterocycles. The number of rotatable bonds is 4. The number of carbonyl (C=O) groups is 1. The zero-order valence-corrected chi connectivity index (χ0v) is 13.6. The fraction of sp³-hybridized carbons (Fsp3) is 0.562. The van der Waals surface area contributed by atoms with Gasteiger partial charge in [-0.2, -0.15) is 13.2 Å². The lowest BCUT2D eigenvalue weighted by Gasteiger charge is -2.25. The summed E-state index contributed by atoms with van der Waals surface area (Å²) in [6.45, 7) is 6.62. The molecule has 0 unspecified atom stereocenters. The monoisotopic (exact) mass is 333 g/mol. The maximum atomic E-state index is 12.5. The van der Waals surface area contributed by atoms with Crippen molar-refractivity contribution < 1.29 is 27.8 Å². The zero-order valence-electron chi connectivity index (χ0n) is 13.6. The van der Waals surface area contributed by atoms with Gasteiger partial charge in [0.1, 0.15) is 5.60 Å². The van der Waals surface area contributed by atoms with Crippen molar-refractivity contribution in [2.45, 2.75) is 58.0 Å². The third-order valence-electron chi connectivity index (χ3n) is 3.02. The summed E-state index contributed by atoms with van der Waals surface area (Å²) >= 11 is 0. The van der Waals surface area contributed by atoms with Gasteiger partial charge in [-0.15, -0.1) is 0 Å². The first kappa shape index (κ1) is 19.3. The minimum atomic E-state index is -4.39. The highest BCUT2D eigenvalue weighted by molar-refractivity contribution is 5.68. The molecule has 4 nitrogen and oxygen atoms in total. The van der Waals surface area contributed by atoms with Crippen LogP contribution in [0.3, 0.4) is 0 Å². The molecule has 130 valence electrons. The maximum Gasteiger partial charge on any atom is 0.416 e. The van der Waals surface area contributed by atoms with Crippen LogP contribution in [0.2, 0.25) is 0 Å². The van der Waals surface area contributed by atoms with Gasteiger partial charge < -0.3 is 15.2 Å². The van der Waals surface area contributed by atoms with Gasteiger partial charge in [-0.25, -0.2) is 4.79 Å². The van der Waals surface area contributed by atoms with Crippen molar-refractivity contribution in [3.8, 4) is 0 Å². The van der Waals surface area contributed by atoms with Gasteiger partial charge in [0.25, 0.3) is 0 Å². The largest absolute Gasteiger partial charge is 0.444 e. The lowest BCUT2D eigenvalue weighted by Crippen LogP contribution is -2.45. The van der Waals surface area contributed by atoms with E-state index < -0.39 is 35.6 Å². The molecule has 23 heavy (non-hydrogen) atoms. The molecule has 0 heterocycles. The minimum absolute atomic E-state index is 0.190. The van der Waals surface area contributed by atoms with Crippen molar-refractivity contribution in [2.75, 3.05) is 0 Å². The molecule has 1 aromatic carbocycles. The van der Waals surface area contributed by atoms with Crippen LogP contribution in [0.5, 0.6) is 0 Å². The number of alkyl carbamates (subject to hydrolysis) is 1. The van der Waals surface area contributed by atoms with E-state index in [9.17, 15) is 23.1 Å². The molecule has 0 aliphatic carbocycles. The summed E-state index contributed by atoms with van der Waals surface area (Å²) in [6.07, 6.45) is -5.77. The summed E-state index contributed by atoms with van der Waals surface area (Å²) in [5.41, 5.74) is -0.850. The van der Waals surface area contributed by atoms with E-state index in [0.717, 1.165) is 12.1 Å². The smallest absolute Gasteiger partial charge is 0.416 e. The highest BCUT2D eigenvalue weighted by atomic mass is 19.4. The van der Waals surface area contributed by atoms with E-state index in [1.165, 1.54) is 19.1 Å². The first-order valence-electron chi connectivity index (χ1n) is 7.22. The maximum absolute atomic E-state index is 12.5. The first-order valence-corrected chi connectivity index (χ1v) is 7.22. The molecule has 0 spiro atoms. The van der Waals surface area contributed by atoms with E-state index in [4.69, 9.17) is 4.74 Å². The normalized spacial score (nSPS) is 15.0. The summed E-state index contributed by atoms with van der Waals surface area (Å²) in [7, 11) is 0. The van der Waals surface area contributed by atoms with Crippen LogP contribution in [0, 0.1) is 0 Å². The number of carbonyl (C=O) groups excluding carboxylic acids is 1. The van der Waals surface area contributed by atoms with E-state index >= 15 is 0 Å². The average Bonchev–Trinajstić information content (AvgIpc) is 2.35. The second-order valence-electron chi connectivity index (χ2n) is 6.39. The first-order chi connectivity index (χ1) is 10.4. The molecule has 1 aromatic rings. The van der Waals surface area contributed by atoms with E-state index in [0.29, 0.717) is 5.56 Å². The summed E-state index contributed by atoms with van der Waals surface area (Å²) in [4.78, 5) is 11.8. The van der Waals surface area contributed by atoms with E-state index in [-0.39, 0.29) is 6.42 Å². The number of hydrogen-bond acceptors (Lipinski definition) is 3. The number of ether oxygens (including phenoxy) is 1. The van der Waals surface area contributed by atoms with Crippen LogP contribution in [0.4, 0.5) is 18.0 Å². The average molecular weight is 333 g/mol. The van der Waals surface area contributed by atoms with Crippen LogP contribution in [-0.4, -0.2) is 28.9 Å². The second kappa shape index (κ2) is 7.21. The topological polar surface area (TPSA) is 58.6 Å². The highest BCUT2D eigenvalue weighted by Gasteiger charge is 2.30. The fourth-order valence-electron chi connectivity index (χ4n) is 1.88.